The van der Waals surface area contributed by atoms with Crippen LogP contribution in [-0.2, 0) is 11.3 Å². The minimum atomic E-state index is -0.407. The fourth-order valence-corrected chi connectivity index (χ4v) is 4.06. The van der Waals surface area contributed by atoms with Crippen LogP contribution in [-0.4, -0.2) is 23.5 Å². The van der Waals surface area contributed by atoms with Crippen molar-refractivity contribution in [3.8, 4) is 5.75 Å². The maximum Gasteiger partial charge on any atom is 0.265 e. The van der Waals surface area contributed by atoms with Crippen LogP contribution in [0.3, 0.4) is 0 Å². The van der Waals surface area contributed by atoms with Crippen molar-refractivity contribution in [1.29, 1.82) is 0 Å². The molecule has 2 heterocycles. The van der Waals surface area contributed by atoms with Crippen LogP contribution in [0.5, 0.6) is 5.75 Å². The highest BCUT2D eigenvalue weighted by Crippen LogP contribution is 2.44. The van der Waals surface area contributed by atoms with Gasteiger partial charge >= 0.3 is 0 Å². The highest BCUT2D eigenvalue weighted by Gasteiger charge is 2.35. The Morgan fingerprint density at radius 3 is 2.63 bits per heavy atom. The molecular formula is C22H24N2O3. The fourth-order valence-electron chi connectivity index (χ4n) is 4.06. The van der Waals surface area contributed by atoms with Gasteiger partial charge in [0.1, 0.15) is 11.4 Å². The predicted molar refractivity (Wildman–Crippen MR) is 104 cm³/mol. The molecule has 3 aromatic rings. The van der Waals surface area contributed by atoms with Gasteiger partial charge in [-0.2, -0.15) is 0 Å². The SMILES string of the molecule is COc1ccn2c(C(N)=O)c(C)c(C3CC(OCc4ccccc4)C3)c2c1. The number of amides is 1. The average molecular weight is 364 g/mol. The Bertz CT molecular complexity index is 972. The van der Waals surface area contributed by atoms with E-state index in [-0.39, 0.29) is 6.10 Å². The van der Waals surface area contributed by atoms with E-state index in [0.717, 1.165) is 29.7 Å². The van der Waals surface area contributed by atoms with Crippen molar-refractivity contribution in [3.05, 3.63) is 71.0 Å². The third-order valence-electron chi connectivity index (χ3n) is 5.50. The number of ether oxygens (including phenoxy) is 2. The topological polar surface area (TPSA) is 66.0 Å². The summed E-state index contributed by atoms with van der Waals surface area (Å²) >= 11 is 0. The van der Waals surface area contributed by atoms with Crippen molar-refractivity contribution in [3.63, 3.8) is 0 Å². The molecule has 1 aliphatic rings. The molecule has 1 amide bonds. The van der Waals surface area contributed by atoms with Gasteiger partial charge in [0.2, 0.25) is 0 Å². The smallest absolute Gasteiger partial charge is 0.265 e. The molecule has 1 saturated carbocycles. The minimum absolute atomic E-state index is 0.243. The van der Waals surface area contributed by atoms with Gasteiger partial charge in [-0.15, -0.1) is 0 Å². The van der Waals surface area contributed by atoms with Gasteiger partial charge in [-0.25, -0.2) is 0 Å². The third-order valence-corrected chi connectivity index (χ3v) is 5.50. The lowest BCUT2D eigenvalue weighted by atomic mass is 9.76. The van der Waals surface area contributed by atoms with Gasteiger partial charge in [0.05, 0.1) is 25.3 Å². The number of aromatic nitrogens is 1. The van der Waals surface area contributed by atoms with Crippen LogP contribution in [0, 0.1) is 6.92 Å². The van der Waals surface area contributed by atoms with Crippen molar-refractivity contribution in [2.75, 3.05) is 7.11 Å². The summed E-state index contributed by atoms with van der Waals surface area (Å²) in [7, 11) is 1.65. The summed E-state index contributed by atoms with van der Waals surface area (Å²) in [6.07, 6.45) is 3.99. The van der Waals surface area contributed by atoms with Crippen molar-refractivity contribution < 1.29 is 14.3 Å². The number of fused-ring (bicyclic) bond motifs is 1. The fraction of sp³-hybridized carbons (Fsp3) is 0.318. The van der Waals surface area contributed by atoms with Gasteiger partial charge in [0, 0.05) is 12.3 Å². The Kier molecular flexibility index (Phi) is 4.62. The maximum atomic E-state index is 12.0. The van der Waals surface area contributed by atoms with E-state index < -0.39 is 5.91 Å². The molecule has 5 nitrogen and oxygen atoms in total. The summed E-state index contributed by atoms with van der Waals surface area (Å²) in [5.41, 5.74) is 10.5. The van der Waals surface area contributed by atoms with Crippen LogP contribution in [0.15, 0.2) is 48.7 Å². The lowest BCUT2D eigenvalue weighted by Crippen LogP contribution is -2.30. The van der Waals surface area contributed by atoms with E-state index in [1.165, 1.54) is 11.1 Å². The second-order valence-corrected chi connectivity index (χ2v) is 7.16. The zero-order valence-electron chi connectivity index (χ0n) is 15.6. The Labute approximate surface area is 158 Å². The van der Waals surface area contributed by atoms with Crippen molar-refractivity contribution in [1.82, 2.24) is 4.40 Å². The van der Waals surface area contributed by atoms with Crippen LogP contribution >= 0.6 is 0 Å². The number of methoxy groups -OCH3 is 1. The normalized spacial score (nSPS) is 19.0. The van der Waals surface area contributed by atoms with Crippen LogP contribution in [0.4, 0.5) is 0 Å². The monoisotopic (exact) mass is 364 g/mol. The molecule has 1 aliphatic carbocycles. The van der Waals surface area contributed by atoms with E-state index >= 15 is 0 Å². The summed E-state index contributed by atoms with van der Waals surface area (Å²) in [6, 6.07) is 14.0. The number of carbonyl (C=O) groups excluding carboxylic acids is 1. The Hall–Kier alpha value is -2.79. The van der Waals surface area contributed by atoms with Crippen molar-refractivity contribution >= 4 is 11.4 Å². The second kappa shape index (κ2) is 7.08. The summed E-state index contributed by atoms with van der Waals surface area (Å²) in [4.78, 5) is 12.0. The first-order chi connectivity index (χ1) is 13.1. The van der Waals surface area contributed by atoms with Gasteiger partial charge in [-0.1, -0.05) is 30.3 Å². The molecule has 1 aromatic carbocycles. The first-order valence-corrected chi connectivity index (χ1v) is 9.22. The number of nitrogens with zero attached hydrogens (tertiary/aromatic N) is 1. The molecule has 0 radical (unpaired) electrons. The molecule has 5 heteroatoms. The molecule has 0 atom stereocenters. The second-order valence-electron chi connectivity index (χ2n) is 7.16. The molecule has 140 valence electrons. The number of carbonyl (C=O) groups is 1. The largest absolute Gasteiger partial charge is 0.497 e. The van der Waals surface area contributed by atoms with E-state index in [9.17, 15) is 4.79 Å². The molecule has 2 aromatic heterocycles. The van der Waals surface area contributed by atoms with E-state index in [0.29, 0.717) is 18.2 Å². The van der Waals surface area contributed by atoms with Crippen molar-refractivity contribution in [2.24, 2.45) is 5.73 Å². The molecule has 27 heavy (non-hydrogen) atoms. The maximum absolute atomic E-state index is 12.0. The molecule has 0 unspecified atom stereocenters. The summed E-state index contributed by atoms with van der Waals surface area (Å²) < 4.78 is 13.3. The van der Waals surface area contributed by atoms with Gasteiger partial charge in [-0.3, -0.25) is 4.79 Å². The van der Waals surface area contributed by atoms with E-state index in [1.54, 1.807) is 7.11 Å². The summed E-state index contributed by atoms with van der Waals surface area (Å²) in [5, 5.41) is 0. The number of nitrogens with two attached hydrogens (primary N) is 1. The molecule has 0 bridgehead atoms. The summed E-state index contributed by atoms with van der Waals surface area (Å²) in [5.74, 6) is 0.726. The van der Waals surface area contributed by atoms with Crippen LogP contribution in [0.2, 0.25) is 0 Å². The standard InChI is InChI=1S/C22H24N2O3/c1-14-20(16-10-18(11-16)27-13-15-6-4-3-5-7-15)19-12-17(26-2)8-9-24(19)21(14)22(23)25/h3-9,12,16,18H,10-11,13H2,1-2H3,(H2,23,25). The van der Waals surface area contributed by atoms with E-state index in [4.69, 9.17) is 15.2 Å². The highest BCUT2D eigenvalue weighted by molar-refractivity contribution is 5.95. The minimum Gasteiger partial charge on any atom is -0.497 e. The molecular weight excluding hydrogens is 340 g/mol. The Balaban J connectivity index is 1.55. The van der Waals surface area contributed by atoms with E-state index in [1.807, 2.05) is 47.9 Å². The molecule has 1 fully saturated rings. The highest BCUT2D eigenvalue weighted by atomic mass is 16.5. The quantitative estimate of drug-likeness (QED) is 0.723. The lowest BCUT2D eigenvalue weighted by Gasteiger charge is -2.35. The third kappa shape index (κ3) is 3.19. The zero-order chi connectivity index (χ0) is 19.0. The molecule has 0 saturated heterocycles. The number of hydrogen-bond donors (Lipinski definition) is 1. The van der Waals surface area contributed by atoms with Crippen LogP contribution < -0.4 is 10.5 Å². The van der Waals surface area contributed by atoms with Gasteiger partial charge < -0.3 is 19.6 Å². The van der Waals surface area contributed by atoms with Crippen LogP contribution in [0.25, 0.3) is 5.52 Å². The number of rotatable bonds is 6. The number of benzene rings is 1. The first-order valence-electron chi connectivity index (χ1n) is 9.22. The summed E-state index contributed by atoms with van der Waals surface area (Å²) in [6.45, 7) is 2.61. The Morgan fingerprint density at radius 2 is 1.96 bits per heavy atom. The van der Waals surface area contributed by atoms with E-state index in [2.05, 4.69) is 12.1 Å². The molecule has 0 aliphatic heterocycles. The predicted octanol–water partition coefficient (Wildman–Crippen LogP) is 3.82. The van der Waals surface area contributed by atoms with Crippen molar-refractivity contribution in [2.45, 2.75) is 38.4 Å². The molecule has 0 spiro atoms. The number of primary amides is 1. The number of hydrogen-bond acceptors (Lipinski definition) is 3. The van der Waals surface area contributed by atoms with Crippen LogP contribution in [0.1, 0.15) is 45.9 Å². The lowest BCUT2D eigenvalue weighted by molar-refractivity contribution is -0.0205. The Morgan fingerprint density at radius 1 is 1.22 bits per heavy atom. The van der Waals surface area contributed by atoms with Gasteiger partial charge in [0.15, 0.2) is 0 Å². The molecule has 2 N–H and O–H groups in total. The first kappa shape index (κ1) is 17.6. The zero-order valence-corrected chi connectivity index (χ0v) is 15.6. The number of pyridine rings is 1. The molecule has 4 rings (SSSR count). The average Bonchev–Trinajstić information content (AvgIpc) is 2.92. The van der Waals surface area contributed by atoms with Gasteiger partial charge in [0.25, 0.3) is 5.91 Å². The van der Waals surface area contributed by atoms with Gasteiger partial charge in [-0.05, 0) is 48.4 Å².